The van der Waals surface area contributed by atoms with Crippen LogP contribution in [0.2, 0.25) is 0 Å². The molecule has 0 bridgehead atoms. The maximum atomic E-state index is 11.7. The van der Waals surface area contributed by atoms with Gasteiger partial charge in [-0.1, -0.05) is 6.07 Å². The minimum absolute atomic E-state index is 0.00387. The number of hydrogen-bond donors (Lipinski definition) is 1. The highest BCUT2D eigenvalue weighted by Gasteiger charge is 2.26. The molecule has 0 radical (unpaired) electrons. The van der Waals surface area contributed by atoms with Gasteiger partial charge in [0.15, 0.2) is 5.11 Å². The number of carbonyl (C=O) groups excluding carboxylic acids is 1. The van der Waals surface area contributed by atoms with E-state index in [4.69, 9.17) is 21.7 Å². The molecule has 0 amide bonds. The molecule has 1 aromatic rings. The van der Waals surface area contributed by atoms with Gasteiger partial charge in [-0.2, -0.15) is 0 Å². The number of rotatable bonds is 4. The van der Waals surface area contributed by atoms with Gasteiger partial charge in [0.25, 0.3) is 0 Å². The third-order valence-electron chi connectivity index (χ3n) is 3.72. The lowest BCUT2D eigenvalue weighted by Crippen LogP contribution is -2.42. The fourth-order valence-electron chi connectivity index (χ4n) is 2.48. The zero-order chi connectivity index (χ0) is 15.9. The lowest BCUT2D eigenvalue weighted by molar-refractivity contribution is -0.149. The number of nitrogens with one attached hydrogen (secondary N) is 1. The maximum absolute atomic E-state index is 11.7. The van der Waals surface area contributed by atoms with Crippen LogP contribution in [0.1, 0.15) is 19.8 Å². The highest BCUT2D eigenvalue weighted by Crippen LogP contribution is 2.21. The highest BCUT2D eigenvalue weighted by molar-refractivity contribution is 7.80. The van der Waals surface area contributed by atoms with Gasteiger partial charge in [0.05, 0.1) is 19.6 Å². The Hall–Kier alpha value is -1.82. The van der Waals surface area contributed by atoms with Crippen LogP contribution in [0.25, 0.3) is 0 Å². The van der Waals surface area contributed by atoms with E-state index < -0.39 is 0 Å². The van der Waals surface area contributed by atoms with E-state index in [-0.39, 0.29) is 11.9 Å². The molecule has 6 heteroatoms. The summed E-state index contributed by atoms with van der Waals surface area (Å²) < 4.78 is 10.3. The van der Waals surface area contributed by atoms with E-state index in [1.54, 1.807) is 7.11 Å². The van der Waals surface area contributed by atoms with Crippen molar-refractivity contribution < 1.29 is 14.3 Å². The van der Waals surface area contributed by atoms with E-state index in [9.17, 15) is 4.79 Å². The van der Waals surface area contributed by atoms with Gasteiger partial charge in [-0.25, -0.2) is 0 Å². The first-order valence-electron chi connectivity index (χ1n) is 7.50. The molecule has 0 spiro atoms. The summed E-state index contributed by atoms with van der Waals surface area (Å²) in [4.78, 5) is 13.8. The summed E-state index contributed by atoms with van der Waals surface area (Å²) in [5.41, 5.74) is 0.900. The normalized spacial score (nSPS) is 15.3. The smallest absolute Gasteiger partial charge is 0.309 e. The predicted octanol–water partition coefficient (Wildman–Crippen LogP) is 2.67. The van der Waals surface area contributed by atoms with Crippen molar-refractivity contribution in [2.24, 2.45) is 5.92 Å². The zero-order valence-electron chi connectivity index (χ0n) is 13.0. The molecular weight excluding hydrogens is 300 g/mol. The SMILES string of the molecule is CCOC(=O)C1CCN(C(=S)Nc2cccc(OC)c2)CC1. The van der Waals surface area contributed by atoms with Gasteiger partial charge >= 0.3 is 5.97 Å². The number of piperidine rings is 1. The summed E-state index contributed by atoms with van der Waals surface area (Å²) in [7, 11) is 1.64. The first-order valence-corrected chi connectivity index (χ1v) is 7.91. The number of carbonyl (C=O) groups is 1. The number of anilines is 1. The number of methoxy groups -OCH3 is 1. The molecule has 0 aliphatic carbocycles. The van der Waals surface area contributed by atoms with Gasteiger partial charge in [-0.05, 0) is 44.1 Å². The summed E-state index contributed by atoms with van der Waals surface area (Å²) in [6, 6.07) is 7.65. The molecule has 0 aromatic heterocycles. The Balaban J connectivity index is 1.85. The molecule has 5 nitrogen and oxygen atoms in total. The summed E-state index contributed by atoms with van der Waals surface area (Å²) in [6.07, 6.45) is 1.55. The van der Waals surface area contributed by atoms with Gasteiger partial charge in [0.2, 0.25) is 0 Å². The quantitative estimate of drug-likeness (QED) is 0.679. The minimum Gasteiger partial charge on any atom is -0.497 e. The van der Waals surface area contributed by atoms with E-state index in [0.29, 0.717) is 11.7 Å². The number of esters is 1. The second-order valence-electron chi connectivity index (χ2n) is 5.18. The monoisotopic (exact) mass is 322 g/mol. The van der Waals surface area contributed by atoms with E-state index in [0.717, 1.165) is 37.4 Å². The number of benzene rings is 1. The number of ether oxygens (including phenoxy) is 2. The maximum Gasteiger partial charge on any atom is 0.309 e. The van der Waals surface area contributed by atoms with Crippen LogP contribution >= 0.6 is 12.2 Å². The molecule has 1 heterocycles. The lowest BCUT2D eigenvalue weighted by atomic mass is 9.97. The average Bonchev–Trinajstić information content (AvgIpc) is 2.55. The molecule has 0 unspecified atom stereocenters. The Bertz CT molecular complexity index is 528. The van der Waals surface area contributed by atoms with Gasteiger partial charge in [0.1, 0.15) is 5.75 Å². The number of thiocarbonyl (C=S) groups is 1. The molecule has 120 valence electrons. The molecule has 22 heavy (non-hydrogen) atoms. The molecular formula is C16H22N2O3S. The lowest BCUT2D eigenvalue weighted by Gasteiger charge is -2.32. The first-order chi connectivity index (χ1) is 10.6. The van der Waals surface area contributed by atoms with E-state index in [1.807, 2.05) is 31.2 Å². The van der Waals surface area contributed by atoms with Crippen LogP contribution in [0.4, 0.5) is 5.69 Å². The third kappa shape index (κ3) is 4.34. The third-order valence-corrected chi connectivity index (χ3v) is 4.08. The van der Waals surface area contributed by atoms with Crippen LogP contribution in [0.5, 0.6) is 5.75 Å². The Morgan fingerprint density at radius 3 is 2.77 bits per heavy atom. The van der Waals surface area contributed by atoms with Crippen molar-refractivity contribution in [3.63, 3.8) is 0 Å². The minimum atomic E-state index is -0.0891. The van der Waals surface area contributed by atoms with Crippen LogP contribution < -0.4 is 10.1 Å². The molecule has 0 saturated carbocycles. The van der Waals surface area contributed by atoms with E-state index >= 15 is 0 Å². The molecule has 1 aliphatic rings. The molecule has 1 saturated heterocycles. The largest absolute Gasteiger partial charge is 0.497 e. The van der Waals surface area contributed by atoms with Gasteiger partial charge in [-0.3, -0.25) is 4.79 Å². The van der Waals surface area contributed by atoms with Crippen LogP contribution in [0.15, 0.2) is 24.3 Å². The fraction of sp³-hybridized carbons (Fsp3) is 0.500. The van der Waals surface area contributed by atoms with E-state index in [2.05, 4.69) is 10.2 Å². The standard InChI is InChI=1S/C16H22N2O3S/c1-3-21-15(19)12-7-9-18(10-8-12)16(22)17-13-5-4-6-14(11-13)20-2/h4-6,11-12H,3,7-10H2,1-2H3,(H,17,22). The molecule has 1 N–H and O–H groups in total. The molecule has 2 rings (SSSR count). The van der Waals surface area contributed by atoms with Crippen molar-refractivity contribution in [1.29, 1.82) is 0 Å². The fourth-order valence-corrected chi connectivity index (χ4v) is 2.78. The number of likely N-dealkylation sites (tertiary alicyclic amines) is 1. The highest BCUT2D eigenvalue weighted by atomic mass is 32.1. The van der Waals surface area contributed by atoms with Gasteiger partial charge in [0, 0.05) is 24.8 Å². The summed E-state index contributed by atoms with van der Waals surface area (Å²) in [5.74, 6) is 0.693. The summed E-state index contributed by atoms with van der Waals surface area (Å²) in [6.45, 7) is 3.80. The van der Waals surface area contributed by atoms with Crippen molar-refractivity contribution in [3.8, 4) is 5.75 Å². The molecule has 1 aliphatic heterocycles. The predicted molar refractivity (Wildman–Crippen MR) is 90.1 cm³/mol. The second-order valence-corrected chi connectivity index (χ2v) is 5.56. The van der Waals surface area contributed by atoms with Crippen LogP contribution in [0, 0.1) is 5.92 Å². The van der Waals surface area contributed by atoms with Crippen molar-refractivity contribution in [2.75, 3.05) is 32.1 Å². The zero-order valence-corrected chi connectivity index (χ0v) is 13.8. The second kappa shape index (κ2) is 7.98. The van der Waals surface area contributed by atoms with Crippen molar-refractivity contribution in [3.05, 3.63) is 24.3 Å². The van der Waals surface area contributed by atoms with Crippen molar-refractivity contribution >= 4 is 29.0 Å². The average molecular weight is 322 g/mol. The van der Waals surface area contributed by atoms with Crippen molar-refractivity contribution in [1.82, 2.24) is 4.90 Å². The van der Waals surface area contributed by atoms with Crippen LogP contribution in [0.3, 0.4) is 0 Å². The number of hydrogen-bond acceptors (Lipinski definition) is 4. The topological polar surface area (TPSA) is 50.8 Å². The van der Waals surface area contributed by atoms with Gasteiger partial charge in [-0.15, -0.1) is 0 Å². The Morgan fingerprint density at radius 1 is 1.41 bits per heavy atom. The summed E-state index contributed by atoms with van der Waals surface area (Å²) >= 11 is 5.45. The van der Waals surface area contributed by atoms with Crippen LogP contribution in [-0.2, 0) is 9.53 Å². The van der Waals surface area contributed by atoms with Crippen molar-refractivity contribution in [2.45, 2.75) is 19.8 Å². The van der Waals surface area contributed by atoms with Gasteiger partial charge < -0.3 is 19.7 Å². The Morgan fingerprint density at radius 2 is 2.14 bits per heavy atom. The molecule has 1 aromatic carbocycles. The summed E-state index contributed by atoms with van der Waals surface area (Å²) in [5, 5.41) is 3.89. The number of nitrogens with zero attached hydrogens (tertiary/aromatic N) is 1. The Labute approximate surface area is 136 Å². The molecule has 1 fully saturated rings. The van der Waals surface area contributed by atoms with E-state index in [1.165, 1.54) is 0 Å². The van der Waals surface area contributed by atoms with Crippen LogP contribution in [-0.4, -0.2) is 42.8 Å². The molecule has 0 atom stereocenters. The Kier molecular flexibility index (Phi) is 6.00. The first kappa shape index (κ1) is 16.5.